The van der Waals surface area contributed by atoms with Gasteiger partial charge in [0.2, 0.25) is 11.9 Å². The Bertz CT molecular complexity index is 1360. The Morgan fingerprint density at radius 3 is 2.29 bits per heavy atom. The van der Waals surface area contributed by atoms with Gasteiger partial charge < -0.3 is 19.7 Å². The number of hydrogen-bond acceptors (Lipinski definition) is 8. The fraction of sp³-hybridized carbons (Fsp3) is 0.462. The number of carbonyl (C=O) groups is 1. The topological polar surface area (TPSA) is 102 Å². The number of amides is 1. The second-order valence-corrected chi connectivity index (χ2v) is 9.71. The van der Waals surface area contributed by atoms with E-state index in [9.17, 15) is 9.59 Å². The fourth-order valence-electron chi connectivity index (χ4n) is 4.68. The average molecular weight is 563 g/mol. The van der Waals surface area contributed by atoms with E-state index in [1.165, 1.54) is 14.2 Å². The molecule has 10 nitrogen and oxygen atoms in total. The highest BCUT2D eigenvalue weighted by atomic mass is 35.5. The Kier molecular flexibility index (Phi) is 8.96. The Morgan fingerprint density at radius 1 is 1.05 bits per heavy atom. The molecule has 1 N–H and O–H groups in total. The number of halogens is 2. The number of aromatic nitrogens is 3. The molecule has 0 bridgehead atoms. The standard InChI is InChI=1S/C26H32Cl2N6O4/c1-5-20(35)33-11-9-32(10-12-33)7-6-8-34-24-16(15-30-26(29-2)31-24)13-17(25(34)36)21-22(27)18(37-3)14-19(38-4)23(21)28/h13-15H,5-12H2,1-4H3,(H,29,30,31). The Hall–Kier alpha value is -3.08. The van der Waals surface area contributed by atoms with Crippen molar-refractivity contribution in [3.05, 3.63) is 38.7 Å². The van der Waals surface area contributed by atoms with Gasteiger partial charge in [-0.15, -0.1) is 0 Å². The first-order valence-electron chi connectivity index (χ1n) is 12.5. The number of benzene rings is 1. The SMILES string of the molecule is CCC(=O)N1CCN(CCCn2c(=O)c(-c3c(Cl)c(OC)cc(OC)c3Cl)cc3cnc(NC)nc32)CC1. The van der Waals surface area contributed by atoms with E-state index in [1.54, 1.807) is 29.9 Å². The fourth-order valence-corrected chi connectivity index (χ4v) is 5.39. The Balaban J connectivity index is 1.70. The second kappa shape index (κ2) is 12.2. The zero-order valence-corrected chi connectivity index (χ0v) is 23.5. The van der Waals surface area contributed by atoms with Crippen molar-refractivity contribution in [3.63, 3.8) is 0 Å². The minimum Gasteiger partial charge on any atom is -0.495 e. The molecule has 3 aromatic rings. The van der Waals surface area contributed by atoms with Crippen LogP contribution in [0.5, 0.6) is 11.5 Å². The van der Waals surface area contributed by atoms with Gasteiger partial charge in [-0.25, -0.2) is 4.98 Å². The van der Waals surface area contributed by atoms with Crippen molar-refractivity contribution >= 4 is 46.1 Å². The van der Waals surface area contributed by atoms with Crippen LogP contribution in [0.25, 0.3) is 22.2 Å². The maximum atomic E-state index is 13.9. The third-order valence-electron chi connectivity index (χ3n) is 6.78. The number of fused-ring (bicyclic) bond motifs is 1. The molecule has 1 aliphatic heterocycles. The van der Waals surface area contributed by atoms with Gasteiger partial charge in [-0.3, -0.25) is 19.1 Å². The first-order chi connectivity index (χ1) is 18.3. The van der Waals surface area contributed by atoms with Crippen LogP contribution in [0.3, 0.4) is 0 Å². The largest absolute Gasteiger partial charge is 0.495 e. The number of aryl methyl sites for hydroxylation is 1. The molecule has 0 unspecified atom stereocenters. The zero-order valence-electron chi connectivity index (χ0n) is 22.0. The van der Waals surface area contributed by atoms with Gasteiger partial charge in [-0.2, -0.15) is 4.98 Å². The van der Waals surface area contributed by atoms with Crippen LogP contribution in [0, 0.1) is 0 Å². The van der Waals surface area contributed by atoms with Gasteiger partial charge in [-0.1, -0.05) is 30.1 Å². The minimum atomic E-state index is -0.282. The van der Waals surface area contributed by atoms with Gasteiger partial charge in [0.15, 0.2) is 0 Å². The van der Waals surface area contributed by atoms with Crippen LogP contribution in [0.1, 0.15) is 19.8 Å². The van der Waals surface area contributed by atoms with Gasteiger partial charge in [0.25, 0.3) is 5.56 Å². The minimum absolute atomic E-state index is 0.186. The van der Waals surface area contributed by atoms with Crippen LogP contribution < -0.4 is 20.3 Å². The first-order valence-corrected chi connectivity index (χ1v) is 13.3. The number of piperazine rings is 1. The molecular weight excluding hydrogens is 531 g/mol. The van der Waals surface area contributed by atoms with Crippen LogP contribution in [0.4, 0.5) is 5.95 Å². The van der Waals surface area contributed by atoms with Crippen molar-refractivity contribution in [3.8, 4) is 22.6 Å². The van der Waals surface area contributed by atoms with E-state index in [1.807, 2.05) is 11.8 Å². The molecule has 0 saturated carbocycles. The maximum absolute atomic E-state index is 13.9. The van der Waals surface area contributed by atoms with Crippen molar-refractivity contribution in [2.24, 2.45) is 0 Å². The number of rotatable bonds is 9. The monoisotopic (exact) mass is 562 g/mol. The lowest BCUT2D eigenvalue weighted by Crippen LogP contribution is -2.48. The molecule has 4 rings (SSSR count). The van der Waals surface area contributed by atoms with Crippen molar-refractivity contribution < 1.29 is 14.3 Å². The Labute approximate surface area is 231 Å². The lowest BCUT2D eigenvalue weighted by atomic mass is 10.0. The number of nitrogens with one attached hydrogen (secondary N) is 1. The molecule has 2 aromatic heterocycles. The van der Waals surface area contributed by atoms with Crippen molar-refractivity contribution in [2.45, 2.75) is 26.3 Å². The van der Waals surface area contributed by atoms with E-state index < -0.39 is 0 Å². The average Bonchev–Trinajstić information content (AvgIpc) is 2.94. The van der Waals surface area contributed by atoms with Gasteiger partial charge >= 0.3 is 0 Å². The van der Waals surface area contributed by atoms with E-state index in [4.69, 9.17) is 32.7 Å². The van der Waals surface area contributed by atoms with Crippen LogP contribution in [0.2, 0.25) is 10.0 Å². The zero-order chi connectivity index (χ0) is 27.4. The van der Waals surface area contributed by atoms with E-state index in [-0.39, 0.29) is 21.5 Å². The van der Waals surface area contributed by atoms with Crippen molar-refractivity contribution in [2.75, 3.05) is 59.3 Å². The first kappa shape index (κ1) is 27.9. The van der Waals surface area contributed by atoms with Gasteiger partial charge in [0, 0.05) is 69.4 Å². The van der Waals surface area contributed by atoms with E-state index >= 15 is 0 Å². The highest BCUT2D eigenvalue weighted by Gasteiger charge is 2.24. The molecule has 12 heteroatoms. The molecule has 38 heavy (non-hydrogen) atoms. The van der Waals surface area contributed by atoms with Crippen LogP contribution in [-0.4, -0.2) is 84.2 Å². The van der Waals surface area contributed by atoms with Gasteiger partial charge in [-0.05, 0) is 19.0 Å². The van der Waals surface area contributed by atoms with Crippen LogP contribution in [0.15, 0.2) is 23.1 Å². The highest BCUT2D eigenvalue weighted by molar-refractivity contribution is 6.41. The molecular formula is C26H32Cl2N6O4. The summed E-state index contributed by atoms with van der Waals surface area (Å²) in [5.41, 5.74) is 0.867. The molecule has 1 saturated heterocycles. The summed E-state index contributed by atoms with van der Waals surface area (Å²) in [6.45, 7) is 6.15. The molecule has 0 aliphatic carbocycles. The van der Waals surface area contributed by atoms with Gasteiger partial charge in [0.05, 0.1) is 29.8 Å². The highest BCUT2D eigenvalue weighted by Crippen LogP contribution is 2.45. The van der Waals surface area contributed by atoms with Crippen LogP contribution >= 0.6 is 23.2 Å². The summed E-state index contributed by atoms with van der Waals surface area (Å²) >= 11 is 13.3. The quantitative estimate of drug-likeness (QED) is 0.420. The molecule has 204 valence electrons. The number of methoxy groups -OCH3 is 2. The molecule has 0 radical (unpaired) electrons. The summed E-state index contributed by atoms with van der Waals surface area (Å²) in [5.74, 6) is 1.29. The summed E-state index contributed by atoms with van der Waals surface area (Å²) in [7, 11) is 4.70. The third kappa shape index (κ3) is 5.52. The van der Waals surface area contributed by atoms with Crippen molar-refractivity contribution in [1.82, 2.24) is 24.3 Å². The van der Waals surface area contributed by atoms with Crippen molar-refractivity contribution in [1.29, 1.82) is 0 Å². The number of carbonyl (C=O) groups excluding carboxylic acids is 1. The summed E-state index contributed by atoms with van der Waals surface area (Å²) < 4.78 is 12.5. The molecule has 1 aliphatic rings. The summed E-state index contributed by atoms with van der Waals surface area (Å²) in [5, 5.41) is 4.03. The third-order valence-corrected chi connectivity index (χ3v) is 7.53. The summed E-state index contributed by atoms with van der Waals surface area (Å²) in [6.07, 6.45) is 2.90. The molecule has 1 aromatic carbocycles. The number of anilines is 1. The predicted octanol–water partition coefficient (Wildman–Crippen LogP) is 3.77. The second-order valence-electron chi connectivity index (χ2n) is 8.95. The lowest BCUT2D eigenvalue weighted by Gasteiger charge is -2.34. The molecule has 3 heterocycles. The number of ether oxygens (including phenoxy) is 2. The predicted molar refractivity (Wildman–Crippen MR) is 150 cm³/mol. The lowest BCUT2D eigenvalue weighted by molar-refractivity contribution is -0.132. The van der Waals surface area contributed by atoms with Gasteiger partial charge in [0.1, 0.15) is 17.1 Å². The molecule has 0 spiro atoms. The smallest absolute Gasteiger partial charge is 0.260 e. The molecule has 0 atom stereocenters. The normalized spacial score (nSPS) is 14.1. The van der Waals surface area contributed by atoms with E-state index in [0.29, 0.717) is 59.0 Å². The maximum Gasteiger partial charge on any atom is 0.260 e. The van der Waals surface area contributed by atoms with E-state index in [2.05, 4.69) is 20.2 Å². The summed E-state index contributed by atoms with van der Waals surface area (Å²) in [6, 6.07) is 3.29. The van der Waals surface area contributed by atoms with Crippen LogP contribution in [-0.2, 0) is 11.3 Å². The Morgan fingerprint density at radius 2 is 1.71 bits per heavy atom. The number of hydrogen-bond donors (Lipinski definition) is 1. The number of pyridine rings is 1. The number of nitrogens with zero attached hydrogens (tertiary/aromatic N) is 5. The molecule has 1 fully saturated rings. The van der Waals surface area contributed by atoms with E-state index in [0.717, 1.165) is 32.7 Å². The molecule has 1 amide bonds. The summed E-state index contributed by atoms with van der Waals surface area (Å²) in [4.78, 5) is 39.0.